The van der Waals surface area contributed by atoms with Gasteiger partial charge in [0.1, 0.15) is 16.7 Å². The summed E-state index contributed by atoms with van der Waals surface area (Å²) in [4.78, 5) is 17.1. The van der Waals surface area contributed by atoms with Crippen LogP contribution >= 0.6 is 11.3 Å². The van der Waals surface area contributed by atoms with Gasteiger partial charge in [-0.25, -0.2) is 14.5 Å². The molecule has 0 bridgehead atoms. The molecule has 2 fully saturated rings. The van der Waals surface area contributed by atoms with Crippen molar-refractivity contribution in [2.45, 2.75) is 51.5 Å². The van der Waals surface area contributed by atoms with Gasteiger partial charge in [-0.15, -0.1) is 11.3 Å². The number of piperidine rings is 1. The Balaban J connectivity index is 1.34. The molecule has 4 aromatic rings. The van der Waals surface area contributed by atoms with Crippen molar-refractivity contribution in [1.82, 2.24) is 29.5 Å². The van der Waals surface area contributed by atoms with Crippen molar-refractivity contribution in [3.05, 3.63) is 34.7 Å². The number of ether oxygens (including phenoxy) is 1. The van der Waals surface area contributed by atoms with Gasteiger partial charge in [-0.2, -0.15) is 5.10 Å². The zero-order valence-electron chi connectivity index (χ0n) is 18.3. The lowest BCUT2D eigenvalue weighted by atomic mass is 9.95. The van der Waals surface area contributed by atoms with Gasteiger partial charge >= 0.3 is 0 Å². The van der Waals surface area contributed by atoms with Crippen molar-refractivity contribution in [1.29, 1.82) is 0 Å². The van der Waals surface area contributed by atoms with Crippen LogP contribution in [-0.2, 0) is 4.74 Å². The first-order chi connectivity index (χ1) is 15.1. The fourth-order valence-corrected chi connectivity index (χ4v) is 6.20. The van der Waals surface area contributed by atoms with E-state index in [9.17, 15) is 0 Å². The van der Waals surface area contributed by atoms with Crippen LogP contribution in [0.4, 0.5) is 0 Å². The van der Waals surface area contributed by atoms with Crippen molar-refractivity contribution in [2.75, 3.05) is 26.3 Å². The molecule has 0 aromatic carbocycles. The highest BCUT2D eigenvalue weighted by molar-refractivity contribution is 7.18. The van der Waals surface area contributed by atoms with Crippen LogP contribution in [-0.4, -0.2) is 61.8 Å². The number of aromatic nitrogens is 5. The Kier molecular flexibility index (Phi) is 4.63. The Morgan fingerprint density at radius 2 is 2.03 bits per heavy atom. The first-order valence-corrected chi connectivity index (χ1v) is 12.0. The summed E-state index contributed by atoms with van der Waals surface area (Å²) in [5.41, 5.74) is 6.79. The predicted molar refractivity (Wildman–Crippen MR) is 123 cm³/mol. The van der Waals surface area contributed by atoms with Crippen LogP contribution in [0.1, 0.15) is 54.7 Å². The molecule has 1 N–H and O–H groups in total. The summed E-state index contributed by atoms with van der Waals surface area (Å²) in [6, 6.07) is 2.85. The van der Waals surface area contributed by atoms with E-state index in [0.29, 0.717) is 17.9 Å². The highest BCUT2D eigenvalue weighted by Crippen LogP contribution is 2.41. The lowest BCUT2D eigenvalue weighted by molar-refractivity contribution is -0.0712. The average molecular weight is 437 g/mol. The predicted octanol–water partition coefficient (Wildman–Crippen LogP) is 4.34. The maximum Gasteiger partial charge on any atom is 0.158 e. The molecule has 2 saturated heterocycles. The molecule has 0 radical (unpaired) electrons. The molecular weight excluding hydrogens is 408 g/mol. The number of nitrogens with one attached hydrogen (secondary N) is 1. The second-order valence-electron chi connectivity index (χ2n) is 9.24. The third-order valence-corrected chi connectivity index (χ3v) is 7.98. The largest absolute Gasteiger partial charge is 0.378 e. The van der Waals surface area contributed by atoms with Crippen LogP contribution < -0.4 is 0 Å². The highest BCUT2D eigenvalue weighted by atomic mass is 32.1. The van der Waals surface area contributed by atoms with Crippen LogP contribution in [0.15, 0.2) is 18.6 Å². The number of aromatic amines is 1. The minimum absolute atomic E-state index is 0.380. The monoisotopic (exact) mass is 436 g/mol. The summed E-state index contributed by atoms with van der Waals surface area (Å²) < 4.78 is 7.24. The fourth-order valence-electron chi connectivity index (χ4n) is 5.04. The Morgan fingerprint density at radius 3 is 2.74 bits per heavy atom. The molecule has 6 rings (SSSR count). The number of thiazole rings is 1. The van der Waals surface area contributed by atoms with Gasteiger partial charge in [-0.3, -0.25) is 4.90 Å². The molecule has 2 aliphatic rings. The van der Waals surface area contributed by atoms with E-state index in [1.807, 2.05) is 15.9 Å². The zero-order chi connectivity index (χ0) is 21.1. The number of likely N-dealkylation sites (tertiary alicyclic amines) is 1. The summed E-state index contributed by atoms with van der Waals surface area (Å²) in [5.74, 6) is 0.950. The first-order valence-electron chi connectivity index (χ1n) is 11.2. The quantitative estimate of drug-likeness (QED) is 0.515. The van der Waals surface area contributed by atoms with Gasteiger partial charge in [-0.05, 0) is 50.4 Å². The number of H-pyrrole nitrogens is 1. The second kappa shape index (κ2) is 7.39. The number of hydrogen-bond donors (Lipinski definition) is 1. The standard InChI is InChI=1S/C23H28N6OS/c1-13(2)18-19(16-8-14(3)21-24-12-25-29(21)9-16)26-23-20(18)27-22(31-23)15-4-6-28(7-5-15)17-10-30-11-17/h8-9,12-13,15,17,26H,4-7,10-11H2,1-3H3. The molecule has 2 aliphatic heterocycles. The van der Waals surface area contributed by atoms with E-state index in [4.69, 9.17) is 9.72 Å². The van der Waals surface area contributed by atoms with Gasteiger partial charge in [0.05, 0.1) is 30.0 Å². The van der Waals surface area contributed by atoms with E-state index in [2.05, 4.69) is 53.0 Å². The minimum Gasteiger partial charge on any atom is -0.378 e. The Hall–Kier alpha value is -2.29. The molecule has 0 saturated carbocycles. The van der Waals surface area contributed by atoms with Crippen molar-refractivity contribution in [3.8, 4) is 11.3 Å². The Bertz CT molecular complexity index is 1240. The van der Waals surface area contributed by atoms with E-state index in [1.54, 1.807) is 6.33 Å². The van der Waals surface area contributed by atoms with Crippen LogP contribution in [0.2, 0.25) is 0 Å². The third kappa shape index (κ3) is 3.20. The average Bonchev–Trinajstić information content (AvgIpc) is 3.40. The van der Waals surface area contributed by atoms with Crippen LogP contribution in [0.25, 0.3) is 27.3 Å². The summed E-state index contributed by atoms with van der Waals surface area (Å²) in [7, 11) is 0. The minimum atomic E-state index is 0.380. The second-order valence-corrected chi connectivity index (χ2v) is 10.3. The van der Waals surface area contributed by atoms with Gasteiger partial charge in [0.2, 0.25) is 0 Å². The SMILES string of the molecule is Cc1cc(-c2[nH]c3sc(C4CCN(C5COC5)CC4)nc3c2C(C)C)cn2ncnc12. The maximum absolute atomic E-state index is 5.37. The van der Waals surface area contributed by atoms with Gasteiger partial charge in [0.15, 0.2) is 5.65 Å². The van der Waals surface area contributed by atoms with Crippen molar-refractivity contribution < 1.29 is 4.74 Å². The van der Waals surface area contributed by atoms with E-state index >= 15 is 0 Å². The maximum atomic E-state index is 5.37. The van der Waals surface area contributed by atoms with Crippen LogP contribution in [0.3, 0.4) is 0 Å². The van der Waals surface area contributed by atoms with E-state index in [-0.39, 0.29) is 0 Å². The summed E-state index contributed by atoms with van der Waals surface area (Å²) in [6.07, 6.45) is 6.06. The lowest BCUT2D eigenvalue weighted by Gasteiger charge is -2.41. The number of nitrogens with zero attached hydrogens (tertiary/aromatic N) is 5. The molecule has 0 aliphatic carbocycles. The molecule has 7 nitrogen and oxygen atoms in total. The first kappa shape index (κ1) is 19.4. The summed E-state index contributed by atoms with van der Waals surface area (Å²) in [6.45, 7) is 10.7. The van der Waals surface area contributed by atoms with Crippen LogP contribution in [0, 0.1) is 6.92 Å². The molecule has 0 spiro atoms. The molecule has 162 valence electrons. The molecular formula is C23H28N6OS. The van der Waals surface area contributed by atoms with E-state index in [0.717, 1.165) is 54.3 Å². The molecule has 31 heavy (non-hydrogen) atoms. The van der Waals surface area contributed by atoms with Gasteiger partial charge in [0.25, 0.3) is 0 Å². The van der Waals surface area contributed by atoms with E-state index in [1.165, 1.54) is 28.2 Å². The number of aryl methyl sites for hydroxylation is 1. The highest BCUT2D eigenvalue weighted by Gasteiger charge is 2.31. The zero-order valence-corrected chi connectivity index (χ0v) is 19.1. The van der Waals surface area contributed by atoms with Gasteiger partial charge in [0, 0.05) is 23.2 Å². The smallest absolute Gasteiger partial charge is 0.158 e. The summed E-state index contributed by atoms with van der Waals surface area (Å²) in [5, 5.41) is 5.65. The topological polar surface area (TPSA) is 71.3 Å². The number of fused-ring (bicyclic) bond motifs is 2. The lowest BCUT2D eigenvalue weighted by Crippen LogP contribution is -2.51. The van der Waals surface area contributed by atoms with Crippen LogP contribution in [0.5, 0.6) is 0 Å². The Labute approximate surface area is 185 Å². The van der Waals surface area contributed by atoms with Gasteiger partial charge < -0.3 is 9.72 Å². The molecule has 0 atom stereocenters. The Morgan fingerprint density at radius 1 is 1.23 bits per heavy atom. The third-order valence-electron chi connectivity index (χ3n) is 6.85. The number of pyridine rings is 1. The van der Waals surface area contributed by atoms with Crippen molar-refractivity contribution in [2.24, 2.45) is 0 Å². The molecule has 6 heterocycles. The van der Waals surface area contributed by atoms with E-state index < -0.39 is 0 Å². The molecule has 8 heteroatoms. The van der Waals surface area contributed by atoms with Crippen molar-refractivity contribution in [3.63, 3.8) is 0 Å². The fraction of sp³-hybridized carbons (Fsp3) is 0.522. The van der Waals surface area contributed by atoms with Crippen molar-refractivity contribution >= 4 is 27.3 Å². The van der Waals surface area contributed by atoms with Gasteiger partial charge in [-0.1, -0.05) is 13.8 Å². The molecule has 4 aromatic heterocycles. The molecule has 0 amide bonds. The summed E-state index contributed by atoms with van der Waals surface area (Å²) >= 11 is 1.85. The number of hydrogen-bond acceptors (Lipinski definition) is 6. The molecule has 0 unspecified atom stereocenters. The number of rotatable bonds is 4. The normalized spacial score (nSPS) is 19.1.